The molecule has 43 heavy (non-hydrogen) atoms. The molecule has 0 aromatic rings. The van der Waals surface area contributed by atoms with Crippen LogP contribution in [0.15, 0.2) is 12.7 Å². The number of ether oxygens (including phenoxy) is 11. The van der Waals surface area contributed by atoms with Gasteiger partial charge in [0.1, 0.15) is 6.61 Å². The average molecular weight is 625 g/mol. The van der Waals surface area contributed by atoms with Crippen molar-refractivity contribution in [1.82, 2.24) is 0 Å². The Morgan fingerprint density at radius 2 is 0.651 bits per heavy atom. The summed E-state index contributed by atoms with van der Waals surface area (Å²) in [6.45, 7) is 16.2. The fourth-order valence-corrected chi connectivity index (χ4v) is 3.33. The maximum Gasteiger partial charge on any atom is 0.330 e. The summed E-state index contributed by atoms with van der Waals surface area (Å²) in [7, 11) is 0. The minimum absolute atomic E-state index is 0.202. The van der Waals surface area contributed by atoms with Gasteiger partial charge in [0.2, 0.25) is 0 Å². The molecular weight excluding hydrogens is 564 g/mol. The van der Waals surface area contributed by atoms with Crippen molar-refractivity contribution in [2.75, 3.05) is 139 Å². The van der Waals surface area contributed by atoms with Gasteiger partial charge < -0.3 is 52.1 Å². The highest BCUT2D eigenvalue weighted by Gasteiger charge is 1.97. The zero-order valence-electron chi connectivity index (χ0n) is 26.8. The van der Waals surface area contributed by atoms with E-state index >= 15 is 0 Å². The Kier molecular flexibility index (Phi) is 37.8. The van der Waals surface area contributed by atoms with Gasteiger partial charge in [0.25, 0.3) is 0 Å². The number of carbonyl (C=O) groups is 1. The van der Waals surface area contributed by atoms with Crippen LogP contribution in [-0.4, -0.2) is 145 Å². The van der Waals surface area contributed by atoms with Gasteiger partial charge in [0, 0.05) is 12.7 Å². The summed E-state index contributed by atoms with van der Waals surface area (Å²) in [5, 5.41) is 0. The predicted octanol–water partition coefficient (Wildman–Crippen LogP) is 3.24. The highest BCUT2D eigenvalue weighted by molar-refractivity contribution is 5.81. The molecule has 0 aliphatic heterocycles. The van der Waals surface area contributed by atoms with E-state index in [-0.39, 0.29) is 6.61 Å². The number of esters is 1. The average Bonchev–Trinajstić information content (AvgIpc) is 3.02. The standard InChI is InChI=1S/C31H60O12/c1-3-5-6-7-8-9-10-33-11-12-34-13-14-35-15-16-36-17-18-37-19-20-38-21-22-39-23-24-40-25-26-41-27-28-42-29-30-43-31(32)4-2/h4H,2-3,5-30H2,1H3. The molecule has 0 radical (unpaired) electrons. The van der Waals surface area contributed by atoms with Crippen LogP contribution in [0.1, 0.15) is 45.4 Å². The van der Waals surface area contributed by atoms with Crippen molar-refractivity contribution in [1.29, 1.82) is 0 Å². The van der Waals surface area contributed by atoms with Gasteiger partial charge in [-0.2, -0.15) is 0 Å². The first kappa shape index (κ1) is 41.8. The third kappa shape index (κ3) is 38.8. The Morgan fingerprint density at radius 3 is 0.953 bits per heavy atom. The monoisotopic (exact) mass is 624 g/mol. The molecule has 0 fully saturated rings. The molecule has 0 aromatic heterocycles. The lowest BCUT2D eigenvalue weighted by atomic mass is 10.1. The normalized spacial score (nSPS) is 11.3. The molecule has 12 heteroatoms. The van der Waals surface area contributed by atoms with Gasteiger partial charge in [-0.3, -0.25) is 0 Å². The Morgan fingerprint density at radius 1 is 0.395 bits per heavy atom. The third-order valence-electron chi connectivity index (χ3n) is 5.63. The van der Waals surface area contributed by atoms with Gasteiger partial charge in [-0.1, -0.05) is 45.6 Å². The van der Waals surface area contributed by atoms with Gasteiger partial charge in [-0.05, 0) is 6.42 Å². The summed E-state index contributed by atoms with van der Waals surface area (Å²) in [4.78, 5) is 10.8. The minimum atomic E-state index is -0.456. The second kappa shape index (κ2) is 38.8. The highest BCUT2D eigenvalue weighted by Crippen LogP contribution is 2.04. The Labute approximate surface area is 259 Å². The lowest BCUT2D eigenvalue weighted by Crippen LogP contribution is -2.15. The quantitative estimate of drug-likeness (QED) is 0.0570. The highest BCUT2D eigenvalue weighted by atomic mass is 16.6. The number of unbranched alkanes of at least 4 members (excludes halogenated alkanes) is 5. The first-order valence-corrected chi connectivity index (χ1v) is 15.9. The van der Waals surface area contributed by atoms with Crippen molar-refractivity contribution in [3.05, 3.63) is 12.7 Å². The van der Waals surface area contributed by atoms with E-state index in [1.165, 1.54) is 32.1 Å². The minimum Gasteiger partial charge on any atom is -0.460 e. The van der Waals surface area contributed by atoms with Crippen molar-refractivity contribution in [2.24, 2.45) is 0 Å². The van der Waals surface area contributed by atoms with Gasteiger partial charge in [-0.25, -0.2) is 4.79 Å². The van der Waals surface area contributed by atoms with Gasteiger partial charge in [0.05, 0.1) is 126 Å². The van der Waals surface area contributed by atoms with E-state index in [2.05, 4.69) is 13.5 Å². The molecule has 0 saturated heterocycles. The summed E-state index contributed by atoms with van der Waals surface area (Å²) in [6, 6.07) is 0. The van der Waals surface area contributed by atoms with Gasteiger partial charge in [-0.15, -0.1) is 0 Å². The topological polar surface area (TPSA) is 119 Å². The van der Waals surface area contributed by atoms with Crippen LogP contribution < -0.4 is 0 Å². The van der Waals surface area contributed by atoms with E-state index in [4.69, 9.17) is 52.1 Å². The van der Waals surface area contributed by atoms with E-state index in [1.807, 2.05) is 0 Å². The van der Waals surface area contributed by atoms with Crippen LogP contribution in [0.3, 0.4) is 0 Å². The number of rotatable bonds is 38. The second-order valence-corrected chi connectivity index (χ2v) is 9.26. The van der Waals surface area contributed by atoms with Crippen LogP contribution >= 0.6 is 0 Å². The van der Waals surface area contributed by atoms with Crippen LogP contribution in [0.25, 0.3) is 0 Å². The zero-order chi connectivity index (χ0) is 31.2. The molecular formula is C31H60O12. The van der Waals surface area contributed by atoms with Crippen molar-refractivity contribution in [2.45, 2.75) is 45.4 Å². The molecule has 0 spiro atoms. The molecule has 0 unspecified atom stereocenters. The van der Waals surface area contributed by atoms with Crippen molar-refractivity contribution in [3.8, 4) is 0 Å². The number of carbonyl (C=O) groups excluding carboxylic acids is 1. The lowest BCUT2D eigenvalue weighted by molar-refractivity contribution is -0.139. The molecule has 256 valence electrons. The molecule has 12 nitrogen and oxygen atoms in total. The van der Waals surface area contributed by atoms with Crippen molar-refractivity contribution < 1.29 is 56.9 Å². The van der Waals surface area contributed by atoms with E-state index in [0.717, 1.165) is 19.1 Å². The maximum atomic E-state index is 10.8. The summed E-state index contributed by atoms with van der Waals surface area (Å²) in [5.74, 6) is -0.456. The molecule has 0 aliphatic carbocycles. The largest absolute Gasteiger partial charge is 0.460 e. The predicted molar refractivity (Wildman–Crippen MR) is 163 cm³/mol. The Bertz CT molecular complexity index is 553. The molecule has 0 heterocycles. The maximum absolute atomic E-state index is 10.8. The van der Waals surface area contributed by atoms with Crippen LogP contribution in [-0.2, 0) is 56.9 Å². The molecule has 0 rings (SSSR count). The van der Waals surface area contributed by atoms with Crippen molar-refractivity contribution in [3.63, 3.8) is 0 Å². The molecule has 0 atom stereocenters. The van der Waals surface area contributed by atoms with Crippen LogP contribution in [0.2, 0.25) is 0 Å². The zero-order valence-corrected chi connectivity index (χ0v) is 26.8. The Hall–Kier alpha value is -1.19. The fraction of sp³-hybridized carbons (Fsp3) is 0.903. The molecule has 0 aliphatic rings. The molecule has 0 saturated carbocycles. The van der Waals surface area contributed by atoms with Gasteiger partial charge >= 0.3 is 5.97 Å². The third-order valence-corrected chi connectivity index (χ3v) is 5.63. The van der Waals surface area contributed by atoms with Crippen LogP contribution in [0.4, 0.5) is 0 Å². The van der Waals surface area contributed by atoms with E-state index in [9.17, 15) is 4.79 Å². The van der Waals surface area contributed by atoms with E-state index < -0.39 is 5.97 Å². The Balaban J connectivity index is 3.04. The fourth-order valence-electron chi connectivity index (χ4n) is 3.33. The van der Waals surface area contributed by atoms with Crippen molar-refractivity contribution >= 4 is 5.97 Å². The first-order valence-electron chi connectivity index (χ1n) is 15.9. The molecule has 0 N–H and O–H groups in total. The molecule has 0 aromatic carbocycles. The summed E-state index contributed by atoms with van der Waals surface area (Å²) in [5.41, 5.74) is 0. The van der Waals surface area contributed by atoms with Gasteiger partial charge in [0.15, 0.2) is 0 Å². The van der Waals surface area contributed by atoms with Crippen LogP contribution in [0, 0.1) is 0 Å². The van der Waals surface area contributed by atoms with Crippen LogP contribution in [0.5, 0.6) is 0 Å². The second-order valence-electron chi connectivity index (χ2n) is 9.26. The smallest absolute Gasteiger partial charge is 0.330 e. The summed E-state index contributed by atoms with van der Waals surface area (Å²) >= 11 is 0. The first-order chi connectivity index (χ1) is 21.3. The lowest BCUT2D eigenvalue weighted by Gasteiger charge is -2.09. The number of hydrogen-bond donors (Lipinski definition) is 0. The van der Waals surface area contributed by atoms with E-state index in [1.54, 1.807) is 0 Å². The van der Waals surface area contributed by atoms with E-state index in [0.29, 0.717) is 126 Å². The summed E-state index contributed by atoms with van der Waals surface area (Å²) < 4.78 is 59.3. The SMILES string of the molecule is C=CC(=O)OCCOCCOCCOCCOCCOCCOCCOCCOCCOCCOCCCCCCCC. The molecule has 0 amide bonds. The molecule has 0 bridgehead atoms. The number of hydrogen-bond acceptors (Lipinski definition) is 12. The summed E-state index contributed by atoms with van der Waals surface area (Å²) in [6.07, 6.45) is 8.78.